The van der Waals surface area contributed by atoms with Gasteiger partial charge in [-0.25, -0.2) is 0 Å². The summed E-state index contributed by atoms with van der Waals surface area (Å²) in [5, 5.41) is 4.91. The number of hydrogen-bond donors (Lipinski definition) is 0. The maximum absolute atomic E-state index is 6.26. The van der Waals surface area contributed by atoms with E-state index in [4.69, 9.17) is 21.1 Å². The molecular weight excluding hydrogens is 290 g/mol. The molecule has 0 saturated carbocycles. The molecular formula is C15H16ClN3O2. The first-order valence-corrected chi connectivity index (χ1v) is 7.47. The van der Waals surface area contributed by atoms with Gasteiger partial charge in [0.1, 0.15) is 13.2 Å². The van der Waals surface area contributed by atoms with Gasteiger partial charge in [0.25, 0.3) is 0 Å². The first-order chi connectivity index (χ1) is 10.3. The van der Waals surface area contributed by atoms with Gasteiger partial charge in [0.2, 0.25) is 0 Å². The summed E-state index contributed by atoms with van der Waals surface area (Å²) < 4.78 is 13.2. The van der Waals surface area contributed by atoms with Gasteiger partial charge < -0.3 is 9.47 Å². The molecule has 2 aliphatic heterocycles. The van der Waals surface area contributed by atoms with Crippen molar-refractivity contribution in [3.8, 4) is 11.5 Å². The Labute approximate surface area is 128 Å². The van der Waals surface area contributed by atoms with Crippen molar-refractivity contribution in [3.63, 3.8) is 0 Å². The van der Waals surface area contributed by atoms with Gasteiger partial charge in [-0.3, -0.25) is 9.58 Å². The average Bonchev–Trinajstić information content (AvgIpc) is 2.96. The van der Waals surface area contributed by atoms with Gasteiger partial charge in [0, 0.05) is 32.0 Å². The van der Waals surface area contributed by atoms with Crippen molar-refractivity contribution in [2.24, 2.45) is 0 Å². The van der Waals surface area contributed by atoms with Gasteiger partial charge >= 0.3 is 0 Å². The summed E-state index contributed by atoms with van der Waals surface area (Å²) >= 11 is 6.26. The fraction of sp³-hybridized carbons (Fsp3) is 0.400. The first kappa shape index (κ1) is 13.0. The van der Waals surface area contributed by atoms with Crippen LogP contribution in [0.5, 0.6) is 11.5 Å². The summed E-state index contributed by atoms with van der Waals surface area (Å²) in [7, 11) is 0. The predicted octanol–water partition coefficient (Wildman–Crippen LogP) is 2.36. The van der Waals surface area contributed by atoms with Gasteiger partial charge in [-0.05, 0) is 23.8 Å². The van der Waals surface area contributed by atoms with Crippen molar-refractivity contribution in [2.45, 2.75) is 12.6 Å². The highest BCUT2D eigenvalue weighted by Crippen LogP contribution is 2.39. The molecule has 0 amide bonds. The van der Waals surface area contributed by atoms with Crippen molar-refractivity contribution in [2.75, 3.05) is 26.3 Å². The smallest absolute Gasteiger partial charge is 0.179 e. The third-order valence-corrected chi connectivity index (χ3v) is 4.18. The number of rotatable bonds is 3. The van der Waals surface area contributed by atoms with Crippen molar-refractivity contribution in [1.29, 1.82) is 0 Å². The molecule has 0 spiro atoms. The Morgan fingerprint density at radius 1 is 1.24 bits per heavy atom. The zero-order valence-electron chi connectivity index (χ0n) is 11.5. The van der Waals surface area contributed by atoms with E-state index in [0.29, 0.717) is 30.0 Å². The quantitative estimate of drug-likeness (QED) is 0.873. The summed E-state index contributed by atoms with van der Waals surface area (Å²) in [4.78, 5) is 2.37. The van der Waals surface area contributed by atoms with E-state index in [0.717, 1.165) is 30.9 Å². The minimum Gasteiger partial charge on any atom is -0.486 e. The molecule has 0 aliphatic carbocycles. The Morgan fingerprint density at radius 3 is 2.90 bits per heavy atom. The van der Waals surface area contributed by atoms with Crippen molar-refractivity contribution < 1.29 is 9.47 Å². The number of nitrogens with zero attached hydrogens (tertiary/aromatic N) is 3. The Hall–Kier alpha value is -1.72. The average molecular weight is 306 g/mol. The second-order valence-corrected chi connectivity index (χ2v) is 5.84. The maximum atomic E-state index is 6.26. The van der Waals surface area contributed by atoms with E-state index in [2.05, 4.69) is 10.00 Å². The SMILES string of the molecule is Clc1cc(CN2CC(n3cccn3)C2)cc2c1OCCO2. The largest absolute Gasteiger partial charge is 0.486 e. The highest BCUT2D eigenvalue weighted by Gasteiger charge is 2.28. The molecule has 0 N–H and O–H groups in total. The van der Waals surface area contributed by atoms with E-state index in [1.807, 2.05) is 35.3 Å². The van der Waals surface area contributed by atoms with Crippen molar-refractivity contribution in [3.05, 3.63) is 41.2 Å². The minimum atomic E-state index is 0.479. The number of benzene rings is 1. The van der Waals surface area contributed by atoms with Crippen LogP contribution in [0.3, 0.4) is 0 Å². The Balaban J connectivity index is 1.43. The molecule has 0 atom stereocenters. The van der Waals surface area contributed by atoms with E-state index < -0.39 is 0 Å². The number of halogens is 1. The van der Waals surface area contributed by atoms with Crippen LogP contribution in [-0.2, 0) is 6.54 Å². The van der Waals surface area contributed by atoms with E-state index in [1.165, 1.54) is 0 Å². The maximum Gasteiger partial charge on any atom is 0.179 e. The monoisotopic (exact) mass is 305 g/mol. The van der Waals surface area contributed by atoms with Crippen molar-refractivity contribution >= 4 is 11.6 Å². The second kappa shape index (κ2) is 5.24. The fourth-order valence-corrected chi connectivity index (χ4v) is 3.14. The third-order valence-electron chi connectivity index (χ3n) is 3.90. The normalized spacial score (nSPS) is 18.5. The van der Waals surface area contributed by atoms with Crippen LogP contribution < -0.4 is 9.47 Å². The number of ether oxygens (including phenoxy) is 2. The molecule has 1 fully saturated rings. The lowest BCUT2D eigenvalue weighted by Gasteiger charge is -2.39. The van der Waals surface area contributed by atoms with Crippen LogP contribution in [0, 0.1) is 0 Å². The van der Waals surface area contributed by atoms with E-state index in [-0.39, 0.29) is 0 Å². The minimum absolute atomic E-state index is 0.479. The summed E-state index contributed by atoms with van der Waals surface area (Å²) in [5.41, 5.74) is 1.16. The van der Waals surface area contributed by atoms with Crippen LogP contribution in [0.2, 0.25) is 5.02 Å². The zero-order valence-corrected chi connectivity index (χ0v) is 12.3. The van der Waals surface area contributed by atoms with Gasteiger partial charge in [0.05, 0.1) is 11.1 Å². The molecule has 1 aromatic carbocycles. The van der Waals surface area contributed by atoms with Crippen LogP contribution in [-0.4, -0.2) is 41.0 Å². The lowest BCUT2D eigenvalue weighted by Crippen LogP contribution is -2.47. The van der Waals surface area contributed by atoms with Gasteiger partial charge in [-0.2, -0.15) is 5.10 Å². The van der Waals surface area contributed by atoms with Crippen LogP contribution in [0.1, 0.15) is 11.6 Å². The third kappa shape index (κ3) is 2.47. The molecule has 0 unspecified atom stereocenters. The molecule has 2 aliphatic rings. The van der Waals surface area contributed by atoms with E-state index in [9.17, 15) is 0 Å². The van der Waals surface area contributed by atoms with Crippen LogP contribution in [0.15, 0.2) is 30.6 Å². The molecule has 21 heavy (non-hydrogen) atoms. The molecule has 0 radical (unpaired) electrons. The molecule has 1 aromatic heterocycles. The topological polar surface area (TPSA) is 39.5 Å². The zero-order chi connectivity index (χ0) is 14.2. The van der Waals surface area contributed by atoms with Crippen molar-refractivity contribution in [1.82, 2.24) is 14.7 Å². The molecule has 4 rings (SSSR count). The summed E-state index contributed by atoms with van der Waals surface area (Å²) in [6.45, 7) is 4.03. The van der Waals surface area contributed by atoms with E-state index >= 15 is 0 Å². The standard InChI is InChI=1S/C15H16ClN3O2/c16-13-6-11(7-14-15(13)21-5-4-20-14)8-18-9-12(10-18)19-3-1-2-17-19/h1-3,6-7,12H,4-5,8-10H2. The molecule has 1 saturated heterocycles. The molecule has 6 heteroatoms. The lowest BCUT2D eigenvalue weighted by molar-refractivity contribution is 0.0906. The molecule has 0 bridgehead atoms. The molecule has 5 nitrogen and oxygen atoms in total. The highest BCUT2D eigenvalue weighted by molar-refractivity contribution is 6.32. The van der Waals surface area contributed by atoms with Crippen LogP contribution >= 0.6 is 11.6 Å². The van der Waals surface area contributed by atoms with Gasteiger partial charge in [0.15, 0.2) is 11.5 Å². The van der Waals surface area contributed by atoms with Gasteiger partial charge in [-0.15, -0.1) is 0 Å². The fourth-order valence-electron chi connectivity index (χ4n) is 2.85. The van der Waals surface area contributed by atoms with E-state index in [1.54, 1.807) is 0 Å². The highest BCUT2D eigenvalue weighted by atomic mass is 35.5. The Morgan fingerprint density at radius 2 is 2.10 bits per heavy atom. The Kier molecular flexibility index (Phi) is 3.24. The van der Waals surface area contributed by atoms with Crippen LogP contribution in [0.25, 0.3) is 0 Å². The number of hydrogen-bond acceptors (Lipinski definition) is 4. The molecule has 2 aromatic rings. The number of likely N-dealkylation sites (tertiary alicyclic amines) is 1. The summed E-state index contributed by atoms with van der Waals surface area (Å²) in [6.07, 6.45) is 3.84. The molecule has 3 heterocycles. The number of fused-ring (bicyclic) bond motifs is 1. The molecule has 110 valence electrons. The van der Waals surface area contributed by atoms with Crippen LogP contribution in [0.4, 0.5) is 0 Å². The predicted molar refractivity (Wildman–Crippen MR) is 79.0 cm³/mol. The number of aromatic nitrogens is 2. The summed E-state index contributed by atoms with van der Waals surface area (Å²) in [5.74, 6) is 1.43. The first-order valence-electron chi connectivity index (χ1n) is 7.09. The second-order valence-electron chi connectivity index (χ2n) is 5.44. The lowest BCUT2D eigenvalue weighted by atomic mass is 10.1. The Bertz CT molecular complexity index is 639. The van der Waals surface area contributed by atoms with Gasteiger partial charge in [-0.1, -0.05) is 11.6 Å². The summed E-state index contributed by atoms with van der Waals surface area (Å²) in [6, 6.07) is 6.44.